The second-order valence-corrected chi connectivity index (χ2v) is 7.75. The fourth-order valence-electron chi connectivity index (χ4n) is 5.64. The number of hydrogen-bond donors (Lipinski definition) is 1. The van der Waals surface area contributed by atoms with Crippen molar-refractivity contribution in [1.82, 2.24) is 9.47 Å². The molecule has 2 aromatic rings. The molecule has 1 aromatic heterocycles. The van der Waals surface area contributed by atoms with Crippen LogP contribution < -0.4 is 0 Å². The Balaban J connectivity index is 1.91. The first-order valence-corrected chi connectivity index (χ1v) is 9.32. The highest BCUT2D eigenvalue weighted by molar-refractivity contribution is 6.41. The zero-order valence-electron chi connectivity index (χ0n) is 14.5. The molecule has 1 saturated heterocycles. The summed E-state index contributed by atoms with van der Waals surface area (Å²) in [6.07, 6.45) is 4.76. The fourth-order valence-corrected chi connectivity index (χ4v) is 5.64. The van der Waals surface area contributed by atoms with Crippen LogP contribution in [0.5, 0.6) is 0 Å². The summed E-state index contributed by atoms with van der Waals surface area (Å²) < 4.78 is 1.86. The van der Waals surface area contributed by atoms with Crippen molar-refractivity contribution >= 4 is 22.5 Å². The number of para-hydroxylation sites is 1. The van der Waals surface area contributed by atoms with Crippen molar-refractivity contribution in [2.24, 2.45) is 10.6 Å². The molecule has 5 rings (SSSR count). The largest absolute Gasteiger partial charge is 0.410 e. The Kier molecular flexibility index (Phi) is 3.14. The molecule has 0 spiro atoms. The molecule has 130 valence electrons. The molecule has 0 aliphatic carbocycles. The van der Waals surface area contributed by atoms with Crippen LogP contribution >= 0.6 is 0 Å². The maximum atomic E-state index is 13.3. The van der Waals surface area contributed by atoms with Gasteiger partial charge in [0.05, 0.1) is 11.6 Å². The van der Waals surface area contributed by atoms with E-state index in [1.165, 1.54) is 10.9 Å². The van der Waals surface area contributed by atoms with E-state index in [-0.39, 0.29) is 17.4 Å². The summed E-state index contributed by atoms with van der Waals surface area (Å²) >= 11 is 0. The van der Waals surface area contributed by atoms with Crippen LogP contribution in [-0.4, -0.2) is 39.4 Å². The molecular weight excluding hydrogens is 314 g/mol. The van der Waals surface area contributed by atoms with Gasteiger partial charge in [0.25, 0.3) is 5.91 Å². The summed E-state index contributed by atoms with van der Waals surface area (Å²) in [7, 11) is 0. The molecule has 3 aliphatic rings. The zero-order valence-corrected chi connectivity index (χ0v) is 14.5. The number of piperidine rings is 1. The molecule has 1 aromatic carbocycles. The van der Waals surface area contributed by atoms with Crippen LogP contribution in [0, 0.1) is 5.41 Å². The number of rotatable bonds is 1. The molecule has 4 heterocycles. The molecule has 1 N–H and O–H groups in total. The summed E-state index contributed by atoms with van der Waals surface area (Å²) in [5.74, 6) is -0.149. The Labute approximate surface area is 146 Å². The highest BCUT2D eigenvalue weighted by atomic mass is 16.4. The number of aromatic nitrogens is 1. The van der Waals surface area contributed by atoms with Gasteiger partial charge in [-0.2, -0.15) is 0 Å². The quantitative estimate of drug-likeness (QED) is 0.639. The van der Waals surface area contributed by atoms with Crippen LogP contribution in [0.25, 0.3) is 10.9 Å². The average molecular weight is 337 g/mol. The van der Waals surface area contributed by atoms with Crippen molar-refractivity contribution in [3.8, 4) is 0 Å². The second kappa shape index (κ2) is 5.18. The molecule has 0 radical (unpaired) electrons. The number of carbonyl (C=O) groups is 1. The van der Waals surface area contributed by atoms with Crippen LogP contribution in [0.2, 0.25) is 0 Å². The van der Waals surface area contributed by atoms with Gasteiger partial charge < -0.3 is 5.21 Å². The molecule has 2 atom stereocenters. The SMILES string of the molecule is CC[C@]12CCCN3CCc4c(n(c5ccccc45)C(=O)/C(=N/O)C1)[C@@H]32. The summed E-state index contributed by atoms with van der Waals surface area (Å²) in [6.45, 7) is 4.36. The van der Waals surface area contributed by atoms with E-state index in [4.69, 9.17) is 0 Å². The Hall–Kier alpha value is -2.14. The minimum Gasteiger partial charge on any atom is -0.410 e. The topological polar surface area (TPSA) is 57.8 Å². The van der Waals surface area contributed by atoms with E-state index in [2.05, 4.69) is 23.0 Å². The van der Waals surface area contributed by atoms with Gasteiger partial charge >= 0.3 is 0 Å². The van der Waals surface area contributed by atoms with Gasteiger partial charge in [-0.3, -0.25) is 14.3 Å². The lowest BCUT2D eigenvalue weighted by Gasteiger charge is -2.51. The minimum atomic E-state index is -0.149. The van der Waals surface area contributed by atoms with E-state index >= 15 is 0 Å². The number of fused-ring (bicyclic) bond motifs is 3. The van der Waals surface area contributed by atoms with E-state index in [1.807, 2.05) is 22.8 Å². The summed E-state index contributed by atoms with van der Waals surface area (Å²) in [6, 6.07) is 8.42. The van der Waals surface area contributed by atoms with Gasteiger partial charge in [0, 0.05) is 24.0 Å². The number of carbonyl (C=O) groups excluding carboxylic acids is 1. The Bertz CT molecular complexity index is 913. The Morgan fingerprint density at radius 2 is 2.16 bits per heavy atom. The first-order chi connectivity index (χ1) is 12.2. The predicted molar refractivity (Wildman–Crippen MR) is 96.4 cm³/mol. The van der Waals surface area contributed by atoms with Gasteiger partial charge in [0.2, 0.25) is 0 Å². The van der Waals surface area contributed by atoms with E-state index < -0.39 is 0 Å². The summed E-state index contributed by atoms with van der Waals surface area (Å²) in [5.41, 5.74) is 3.73. The van der Waals surface area contributed by atoms with Crippen molar-refractivity contribution in [2.75, 3.05) is 13.1 Å². The van der Waals surface area contributed by atoms with Gasteiger partial charge in [-0.05, 0) is 49.3 Å². The van der Waals surface area contributed by atoms with Gasteiger partial charge in [0.1, 0.15) is 5.71 Å². The van der Waals surface area contributed by atoms with Gasteiger partial charge in [-0.1, -0.05) is 30.3 Å². The third-order valence-corrected chi connectivity index (χ3v) is 6.79. The molecule has 0 saturated carbocycles. The smallest absolute Gasteiger partial charge is 0.280 e. The number of oxime groups is 1. The van der Waals surface area contributed by atoms with E-state index in [9.17, 15) is 10.0 Å². The maximum Gasteiger partial charge on any atom is 0.280 e. The Morgan fingerprint density at radius 3 is 2.96 bits per heavy atom. The standard InChI is InChI=1S/C20H23N3O2/c1-2-20-9-5-10-22-11-8-14-13-6-3-4-7-16(13)23(17(14)18(20)22)19(24)15(12-20)21-25/h3-4,6-7,18,25H,2,5,8-12H2,1H3/b21-15+/t18-,20+/m1/s1. The van der Waals surface area contributed by atoms with Crippen molar-refractivity contribution < 1.29 is 10.0 Å². The minimum absolute atomic E-state index is 0.0206. The highest BCUT2D eigenvalue weighted by Gasteiger charge is 2.52. The predicted octanol–water partition coefficient (Wildman–Crippen LogP) is 3.60. The second-order valence-electron chi connectivity index (χ2n) is 7.75. The van der Waals surface area contributed by atoms with E-state index in [0.717, 1.165) is 50.0 Å². The Morgan fingerprint density at radius 1 is 1.32 bits per heavy atom. The normalized spacial score (nSPS) is 30.5. The first kappa shape index (κ1) is 15.1. The van der Waals surface area contributed by atoms with Crippen LogP contribution in [0.15, 0.2) is 29.4 Å². The molecule has 5 heteroatoms. The number of nitrogens with zero attached hydrogens (tertiary/aromatic N) is 3. The maximum absolute atomic E-state index is 13.3. The molecule has 5 nitrogen and oxygen atoms in total. The third kappa shape index (κ3) is 1.82. The lowest BCUT2D eigenvalue weighted by molar-refractivity contribution is 0.00376. The van der Waals surface area contributed by atoms with Gasteiger partial charge in [-0.25, -0.2) is 0 Å². The van der Waals surface area contributed by atoms with Gasteiger partial charge in [-0.15, -0.1) is 0 Å². The zero-order chi connectivity index (χ0) is 17.2. The number of hydrogen-bond acceptors (Lipinski definition) is 4. The summed E-state index contributed by atoms with van der Waals surface area (Å²) in [5, 5.41) is 14.3. The number of benzene rings is 1. The molecule has 3 aliphatic heterocycles. The molecule has 0 bridgehead atoms. The lowest BCUT2D eigenvalue weighted by atomic mass is 9.66. The van der Waals surface area contributed by atoms with Crippen LogP contribution in [0.4, 0.5) is 0 Å². The van der Waals surface area contributed by atoms with Crippen molar-refractivity contribution in [3.05, 3.63) is 35.5 Å². The molecule has 1 fully saturated rings. The fraction of sp³-hybridized carbons (Fsp3) is 0.500. The van der Waals surface area contributed by atoms with Crippen LogP contribution in [0.3, 0.4) is 0 Å². The van der Waals surface area contributed by atoms with Crippen molar-refractivity contribution in [1.29, 1.82) is 0 Å². The molecule has 0 amide bonds. The highest BCUT2D eigenvalue weighted by Crippen LogP contribution is 2.55. The monoisotopic (exact) mass is 337 g/mol. The van der Waals surface area contributed by atoms with Crippen molar-refractivity contribution in [3.63, 3.8) is 0 Å². The first-order valence-electron chi connectivity index (χ1n) is 9.32. The summed E-state index contributed by atoms with van der Waals surface area (Å²) in [4.78, 5) is 15.8. The van der Waals surface area contributed by atoms with Crippen LogP contribution in [-0.2, 0) is 6.42 Å². The molecule has 25 heavy (non-hydrogen) atoms. The molecular formula is C20H23N3O2. The van der Waals surface area contributed by atoms with E-state index in [0.29, 0.717) is 12.1 Å². The van der Waals surface area contributed by atoms with Gasteiger partial charge in [0.15, 0.2) is 0 Å². The molecule has 0 unspecified atom stereocenters. The lowest BCUT2D eigenvalue weighted by Crippen LogP contribution is -2.49. The van der Waals surface area contributed by atoms with Crippen LogP contribution in [0.1, 0.15) is 54.7 Å². The average Bonchev–Trinajstić information content (AvgIpc) is 2.94. The van der Waals surface area contributed by atoms with E-state index in [1.54, 1.807) is 0 Å². The van der Waals surface area contributed by atoms with Crippen molar-refractivity contribution in [2.45, 2.75) is 45.1 Å². The third-order valence-electron chi connectivity index (χ3n) is 6.79.